The number of hydrogen-bond donors (Lipinski definition) is 0. The third-order valence-corrected chi connectivity index (χ3v) is 7.97. The Kier molecular flexibility index (Phi) is 8.03. The molecule has 0 unspecified atom stereocenters. The van der Waals surface area contributed by atoms with Gasteiger partial charge in [0, 0.05) is 30.8 Å². The maximum atomic E-state index is 13.5. The first-order valence-electron chi connectivity index (χ1n) is 13.2. The van der Waals surface area contributed by atoms with E-state index < -0.39 is 0 Å². The highest BCUT2D eigenvalue weighted by Gasteiger charge is 2.23. The summed E-state index contributed by atoms with van der Waals surface area (Å²) < 4.78 is 1.68. The summed E-state index contributed by atoms with van der Waals surface area (Å²) in [5.74, 6) is 0.102. The number of hydrogen-bond acceptors (Lipinski definition) is 5. The molecule has 6 nitrogen and oxygen atoms in total. The lowest BCUT2D eigenvalue weighted by atomic mass is 9.99. The van der Waals surface area contributed by atoms with Gasteiger partial charge in [0.25, 0.3) is 11.5 Å². The molecule has 0 atom stereocenters. The molecule has 0 saturated heterocycles. The summed E-state index contributed by atoms with van der Waals surface area (Å²) in [7, 11) is 0. The van der Waals surface area contributed by atoms with Crippen LogP contribution in [-0.4, -0.2) is 38.4 Å². The summed E-state index contributed by atoms with van der Waals surface area (Å²) >= 11 is 1.28. The van der Waals surface area contributed by atoms with Crippen LogP contribution in [0, 0.1) is 0 Å². The number of benzene rings is 3. The summed E-state index contributed by atoms with van der Waals surface area (Å²) in [5, 5.41) is 1.00. The molecule has 1 amide bonds. The van der Waals surface area contributed by atoms with E-state index in [2.05, 4.69) is 19.1 Å². The Hall–Kier alpha value is -3.71. The minimum Gasteiger partial charge on any atom is -0.334 e. The van der Waals surface area contributed by atoms with Gasteiger partial charge in [0.05, 0.1) is 16.7 Å². The van der Waals surface area contributed by atoms with Crippen molar-refractivity contribution < 1.29 is 9.59 Å². The van der Waals surface area contributed by atoms with Gasteiger partial charge in [-0.1, -0.05) is 86.1 Å². The average Bonchev–Trinajstić information content (AvgIpc) is 2.96. The average molecular weight is 526 g/mol. The van der Waals surface area contributed by atoms with Crippen LogP contribution in [0.1, 0.15) is 58.0 Å². The van der Waals surface area contributed by atoms with Gasteiger partial charge in [-0.25, -0.2) is 4.98 Å². The molecule has 4 aromatic rings. The zero-order valence-electron chi connectivity index (χ0n) is 21.6. The van der Waals surface area contributed by atoms with Crippen molar-refractivity contribution in [2.45, 2.75) is 50.9 Å². The summed E-state index contributed by atoms with van der Waals surface area (Å²) in [6.45, 7) is 3.89. The molecule has 0 N–H and O–H groups in total. The van der Waals surface area contributed by atoms with E-state index in [0.717, 1.165) is 25.7 Å². The zero-order valence-corrected chi connectivity index (χ0v) is 22.4. The van der Waals surface area contributed by atoms with Crippen LogP contribution in [-0.2, 0) is 19.5 Å². The number of ketones is 1. The second-order valence-corrected chi connectivity index (χ2v) is 10.6. The Bertz CT molecular complexity index is 1530. The van der Waals surface area contributed by atoms with Gasteiger partial charge in [0.15, 0.2) is 10.9 Å². The van der Waals surface area contributed by atoms with Gasteiger partial charge in [-0.3, -0.25) is 19.0 Å². The Morgan fingerprint density at radius 2 is 1.68 bits per heavy atom. The molecule has 0 saturated carbocycles. The van der Waals surface area contributed by atoms with Crippen molar-refractivity contribution >= 4 is 34.4 Å². The van der Waals surface area contributed by atoms with Crippen molar-refractivity contribution in [3.63, 3.8) is 0 Å². The summed E-state index contributed by atoms with van der Waals surface area (Å²) in [5.41, 5.74) is 3.96. The summed E-state index contributed by atoms with van der Waals surface area (Å²) in [4.78, 5) is 46.3. The van der Waals surface area contributed by atoms with E-state index in [-0.39, 0.29) is 23.0 Å². The highest BCUT2D eigenvalue weighted by molar-refractivity contribution is 7.99. The number of carbonyl (C=O) groups is 2. The largest absolute Gasteiger partial charge is 0.334 e. The molecule has 7 heteroatoms. The van der Waals surface area contributed by atoms with E-state index >= 15 is 0 Å². The highest BCUT2D eigenvalue weighted by Crippen LogP contribution is 2.23. The number of aromatic nitrogens is 2. The molecule has 0 fully saturated rings. The van der Waals surface area contributed by atoms with E-state index in [1.807, 2.05) is 35.2 Å². The van der Waals surface area contributed by atoms with Crippen LogP contribution in [0.3, 0.4) is 0 Å². The Balaban J connectivity index is 1.44. The topological polar surface area (TPSA) is 72.3 Å². The maximum Gasteiger partial charge on any atom is 0.262 e. The van der Waals surface area contributed by atoms with E-state index in [0.29, 0.717) is 46.8 Å². The number of Topliss-reactive ketones (excluding diaryl/α,β-unsaturated/α-hetero) is 1. The van der Waals surface area contributed by atoms with Gasteiger partial charge in [-0.2, -0.15) is 0 Å². The number of nitrogens with zero attached hydrogens (tertiary/aromatic N) is 3. The Morgan fingerprint density at radius 3 is 2.47 bits per heavy atom. The van der Waals surface area contributed by atoms with Crippen LogP contribution in [0.2, 0.25) is 0 Å². The first kappa shape index (κ1) is 25.9. The van der Waals surface area contributed by atoms with Gasteiger partial charge in [-0.15, -0.1) is 0 Å². The van der Waals surface area contributed by atoms with Crippen molar-refractivity contribution in [3.8, 4) is 0 Å². The smallest absolute Gasteiger partial charge is 0.262 e. The van der Waals surface area contributed by atoms with E-state index in [1.165, 1.54) is 22.9 Å². The lowest BCUT2D eigenvalue weighted by molar-refractivity contribution is 0.0734. The molecule has 0 radical (unpaired) electrons. The summed E-state index contributed by atoms with van der Waals surface area (Å²) in [6, 6.07) is 22.5. The van der Waals surface area contributed by atoms with Crippen LogP contribution < -0.4 is 5.56 Å². The quantitative estimate of drug-likeness (QED) is 0.120. The summed E-state index contributed by atoms with van der Waals surface area (Å²) in [6.07, 6.45) is 3.73. The molecule has 0 bridgehead atoms. The second-order valence-electron chi connectivity index (χ2n) is 9.61. The SMILES string of the molecule is CCCCCn1c(SCC(=O)c2ccccc2)nc2cc(C(=O)N3CCc4ccccc4C3)ccc2c1=O. The third kappa shape index (κ3) is 5.58. The van der Waals surface area contributed by atoms with Crippen molar-refractivity contribution in [1.29, 1.82) is 0 Å². The molecule has 3 aromatic carbocycles. The minimum atomic E-state index is -0.133. The fraction of sp³-hybridized carbons (Fsp3) is 0.290. The molecule has 1 aliphatic rings. The van der Waals surface area contributed by atoms with Crippen molar-refractivity contribution in [1.82, 2.24) is 14.5 Å². The first-order chi connectivity index (χ1) is 18.5. The predicted molar refractivity (Wildman–Crippen MR) is 152 cm³/mol. The van der Waals surface area contributed by atoms with E-state index in [4.69, 9.17) is 4.98 Å². The number of rotatable bonds is 9. The van der Waals surface area contributed by atoms with Crippen molar-refractivity contribution in [2.24, 2.45) is 0 Å². The number of carbonyl (C=O) groups excluding carboxylic acids is 2. The highest BCUT2D eigenvalue weighted by atomic mass is 32.2. The lowest BCUT2D eigenvalue weighted by Gasteiger charge is -2.29. The van der Waals surface area contributed by atoms with Crippen molar-refractivity contribution in [3.05, 3.63) is 105 Å². The number of unbranched alkanes of at least 4 members (excludes halogenated alkanes) is 2. The molecular weight excluding hydrogens is 494 g/mol. The monoisotopic (exact) mass is 525 g/mol. The molecule has 2 heterocycles. The third-order valence-electron chi connectivity index (χ3n) is 7.00. The molecule has 0 spiro atoms. The number of thioether (sulfide) groups is 1. The predicted octanol–water partition coefficient (Wildman–Crippen LogP) is 5.76. The van der Waals surface area contributed by atoms with E-state index in [1.54, 1.807) is 34.9 Å². The van der Waals surface area contributed by atoms with Gasteiger partial charge in [0.1, 0.15) is 0 Å². The van der Waals surface area contributed by atoms with Gasteiger partial charge >= 0.3 is 0 Å². The first-order valence-corrected chi connectivity index (χ1v) is 14.2. The lowest BCUT2D eigenvalue weighted by Crippen LogP contribution is -2.36. The van der Waals surface area contributed by atoms with Gasteiger partial charge in [-0.05, 0) is 42.2 Å². The van der Waals surface area contributed by atoms with Crippen LogP contribution in [0.5, 0.6) is 0 Å². The molecule has 38 heavy (non-hydrogen) atoms. The second kappa shape index (κ2) is 11.8. The van der Waals surface area contributed by atoms with Crippen molar-refractivity contribution in [2.75, 3.05) is 12.3 Å². The van der Waals surface area contributed by atoms with E-state index in [9.17, 15) is 14.4 Å². The molecule has 0 aliphatic carbocycles. The fourth-order valence-electron chi connectivity index (χ4n) is 4.85. The molecule has 194 valence electrons. The molecule has 1 aliphatic heterocycles. The molecule has 5 rings (SSSR count). The normalized spacial score (nSPS) is 12.9. The number of fused-ring (bicyclic) bond motifs is 2. The number of amides is 1. The van der Waals surface area contributed by atoms with Crippen LogP contribution >= 0.6 is 11.8 Å². The maximum absolute atomic E-state index is 13.5. The zero-order chi connectivity index (χ0) is 26.5. The van der Waals surface area contributed by atoms with Crippen LogP contribution in [0.25, 0.3) is 10.9 Å². The van der Waals surface area contributed by atoms with Gasteiger partial charge in [0.2, 0.25) is 0 Å². The Morgan fingerprint density at radius 1 is 0.921 bits per heavy atom. The minimum absolute atomic E-state index is 0.0145. The standard InChI is InChI=1S/C31H31N3O3S/c1-2-3-9-17-34-30(37)26-15-14-24(29(36)33-18-16-22-10-7-8-13-25(22)20-33)19-27(26)32-31(34)38-21-28(35)23-11-5-4-6-12-23/h4-8,10-15,19H,2-3,9,16-18,20-21H2,1H3. The van der Waals surface area contributed by atoms with Crippen LogP contribution in [0.4, 0.5) is 0 Å². The Labute approximate surface area is 226 Å². The van der Waals surface area contributed by atoms with Gasteiger partial charge < -0.3 is 4.90 Å². The molecule has 1 aromatic heterocycles. The van der Waals surface area contributed by atoms with Crippen LogP contribution in [0.15, 0.2) is 82.7 Å². The molecular formula is C31H31N3O3S. The fourth-order valence-corrected chi connectivity index (χ4v) is 5.77.